The second-order valence-electron chi connectivity index (χ2n) is 7.08. The van der Waals surface area contributed by atoms with Gasteiger partial charge in [-0.2, -0.15) is 0 Å². The van der Waals surface area contributed by atoms with Crippen LogP contribution in [0.2, 0.25) is 0 Å². The molecule has 29 heavy (non-hydrogen) atoms. The third-order valence-corrected chi connectivity index (χ3v) is 11.1. The van der Waals surface area contributed by atoms with Crippen LogP contribution in [-0.2, 0) is 30.3 Å². The van der Waals surface area contributed by atoms with Gasteiger partial charge in [-0.1, -0.05) is 48.2 Å². The van der Waals surface area contributed by atoms with E-state index in [-0.39, 0.29) is 0 Å². The zero-order chi connectivity index (χ0) is 20.7. The van der Waals surface area contributed by atoms with E-state index < -0.39 is 6.04 Å². The number of thioether (sulfide) groups is 3. The van der Waals surface area contributed by atoms with Crippen molar-refractivity contribution in [2.75, 3.05) is 18.8 Å². The monoisotopic (exact) mass is 474 g/mol. The molecule has 0 radical (unpaired) electrons. The fourth-order valence-electron chi connectivity index (χ4n) is 3.36. The summed E-state index contributed by atoms with van der Waals surface area (Å²) in [7, 11) is 0. The third kappa shape index (κ3) is 6.94. The fourth-order valence-corrected chi connectivity index (χ4v) is 8.89. The van der Waals surface area contributed by atoms with Crippen molar-refractivity contribution in [2.45, 2.75) is 33.2 Å². The Kier molecular flexibility index (Phi) is 8.83. The van der Waals surface area contributed by atoms with E-state index in [0.717, 1.165) is 18.5 Å². The molecule has 0 fully saturated rings. The topological polar surface area (TPSA) is 0 Å². The summed E-state index contributed by atoms with van der Waals surface area (Å²) in [6, 6.07) is 25.3. The molecule has 0 aromatic heterocycles. The lowest BCUT2D eigenvalue weighted by molar-refractivity contribution is 1.23. The first-order valence-electron chi connectivity index (χ1n) is 9.49. The summed E-state index contributed by atoms with van der Waals surface area (Å²) in [4.78, 5) is 3.92. The Morgan fingerprint density at radius 1 is 0.517 bits per heavy atom. The predicted molar refractivity (Wildman–Crippen MR) is 140 cm³/mol. The van der Waals surface area contributed by atoms with Gasteiger partial charge in [0, 0.05) is 33.2 Å². The van der Waals surface area contributed by atoms with E-state index in [1.807, 2.05) is 0 Å². The molecular weight excluding hydrogens is 448 g/mol. The van der Waals surface area contributed by atoms with Gasteiger partial charge >= 0.3 is 0 Å². The molecule has 0 heterocycles. The molecule has 5 heteroatoms. The Bertz CT molecular complexity index is 820. The first-order valence-corrected chi connectivity index (χ1v) is 16.5. The molecule has 3 aromatic rings. The molecule has 0 N–H and O–H groups in total. The van der Waals surface area contributed by atoms with Crippen LogP contribution in [0.4, 0.5) is 0 Å². The van der Waals surface area contributed by atoms with Crippen molar-refractivity contribution in [3.8, 4) is 0 Å². The summed E-state index contributed by atoms with van der Waals surface area (Å²) < 4.78 is 0. The third-order valence-electron chi connectivity index (χ3n) is 4.89. The van der Waals surface area contributed by atoms with E-state index in [1.54, 1.807) is 35.3 Å². The zero-order valence-electron chi connectivity index (χ0n) is 17.1. The van der Waals surface area contributed by atoms with Crippen LogP contribution in [0.25, 0.3) is 0 Å². The minimum Gasteiger partial charge on any atom is -0.130 e. The molecule has 0 amide bonds. The van der Waals surface area contributed by atoms with Crippen LogP contribution >= 0.6 is 41.3 Å². The molecule has 0 saturated carbocycles. The van der Waals surface area contributed by atoms with Crippen molar-refractivity contribution in [3.05, 3.63) is 89.5 Å². The van der Waals surface area contributed by atoms with Gasteiger partial charge < -0.3 is 0 Å². The molecule has 0 nitrogen and oxygen atoms in total. The van der Waals surface area contributed by atoms with Gasteiger partial charge in [-0.3, -0.25) is 0 Å². The SMILES string of the molecule is CSc1ccc(CP(=S)(Cc2ccc(SC)cc2)Cc2ccc(SC)cc2)cc1. The number of hydrogen-bond acceptors (Lipinski definition) is 4. The van der Waals surface area contributed by atoms with Crippen molar-refractivity contribution in [1.82, 2.24) is 0 Å². The molecule has 0 aliphatic carbocycles. The lowest BCUT2D eigenvalue weighted by atomic mass is 10.2. The van der Waals surface area contributed by atoms with Gasteiger partial charge in [-0.05, 0) is 77.9 Å². The van der Waals surface area contributed by atoms with Crippen molar-refractivity contribution in [1.29, 1.82) is 0 Å². The van der Waals surface area contributed by atoms with Gasteiger partial charge in [0.05, 0.1) is 0 Å². The minimum atomic E-state index is -1.64. The number of rotatable bonds is 9. The molecule has 0 aliphatic heterocycles. The second-order valence-corrected chi connectivity index (χ2v) is 15.1. The van der Waals surface area contributed by atoms with E-state index in [1.165, 1.54) is 31.4 Å². The van der Waals surface area contributed by atoms with Gasteiger partial charge in [0.2, 0.25) is 0 Å². The van der Waals surface area contributed by atoms with E-state index in [0.29, 0.717) is 0 Å². The highest BCUT2D eigenvalue weighted by Gasteiger charge is 2.20. The van der Waals surface area contributed by atoms with Crippen LogP contribution in [-0.4, -0.2) is 18.8 Å². The predicted octanol–water partition coefficient (Wildman–Crippen LogP) is 8.23. The Labute approximate surface area is 193 Å². The molecule has 0 aliphatic rings. The Morgan fingerprint density at radius 3 is 0.966 bits per heavy atom. The van der Waals surface area contributed by atoms with Gasteiger partial charge in [0.25, 0.3) is 0 Å². The molecule has 0 saturated heterocycles. The van der Waals surface area contributed by atoms with Crippen molar-refractivity contribution >= 4 is 53.1 Å². The summed E-state index contributed by atoms with van der Waals surface area (Å²) in [6.45, 7) is 0. The number of hydrogen-bond donors (Lipinski definition) is 0. The lowest BCUT2D eigenvalue weighted by Crippen LogP contribution is -1.98. The summed E-state index contributed by atoms with van der Waals surface area (Å²) in [5.74, 6) is 0. The molecule has 3 aromatic carbocycles. The largest absolute Gasteiger partial charge is 0.130 e. The highest BCUT2D eigenvalue weighted by molar-refractivity contribution is 8.13. The maximum atomic E-state index is 6.43. The molecule has 0 unspecified atom stereocenters. The zero-order valence-corrected chi connectivity index (χ0v) is 21.3. The molecule has 0 atom stereocenters. The normalized spacial score (nSPS) is 11.6. The van der Waals surface area contributed by atoms with Crippen LogP contribution in [0, 0.1) is 0 Å². The summed E-state index contributed by atoms with van der Waals surface area (Å²) >= 11 is 11.8. The highest BCUT2D eigenvalue weighted by atomic mass is 32.4. The van der Waals surface area contributed by atoms with Crippen molar-refractivity contribution in [3.63, 3.8) is 0 Å². The van der Waals surface area contributed by atoms with Crippen LogP contribution in [0.15, 0.2) is 87.5 Å². The molecule has 3 rings (SSSR count). The van der Waals surface area contributed by atoms with Crippen LogP contribution in [0.1, 0.15) is 16.7 Å². The maximum Gasteiger partial charge on any atom is 0.00693 e. The molecule has 0 spiro atoms. The van der Waals surface area contributed by atoms with Crippen LogP contribution in [0.5, 0.6) is 0 Å². The summed E-state index contributed by atoms with van der Waals surface area (Å²) in [5, 5.41) is 0. The Morgan fingerprint density at radius 2 is 0.759 bits per heavy atom. The lowest BCUT2D eigenvalue weighted by Gasteiger charge is -2.23. The van der Waals surface area contributed by atoms with E-state index in [2.05, 4.69) is 91.6 Å². The fraction of sp³-hybridized carbons (Fsp3) is 0.250. The van der Waals surface area contributed by atoms with Crippen LogP contribution < -0.4 is 0 Å². The van der Waals surface area contributed by atoms with E-state index in [9.17, 15) is 0 Å². The van der Waals surface area contributed by atoms with Crippen LogP contribution in [0.3, 0.4) is 0 Å². The first kappa shape index (κ1) is 23.0. The average molecular weight is 475 g/mol. The van der Waals surface area contributed by atoms with Gasteiger partial charge in [-0.25, -0.2) is 0 Å². The smallest absolute Gasteiger partial charge is 0.00693 e. The van der Waals surface area contributed by atoms with Gasteiger partial charge in [0.1, 0.15) is 0 Å². The van der Waals surface area contributed by atoms with Gasteiger partial charge in [0.15, 0.2) is 0 Å². The minimum absolute atomic E-state index is 1.01. The van der Waals surface area contributed by atoms with Gasteiger partial charge in [-0.15, -0.1) is 35.3 Å². The van der Waals surface area contributed by atoms with Crippen molar-refractivity contribution in [2.24, 2.45) is 0 Å². The Balaban J connectivity index is 1.85. The molecule has 0 bridgehead atoms. The van der Waals surface area contributed by atoms with E-state index in [4.69, 9.17) is 11.8 Å². The first-order chi connectivity index (χ1) is 14.0. The Hall–Kier alpha value is -0.640. The summed E-state index contributed by atoms with van der Waals surface area (Å²) in [6.07, 6.45) is 9.38. The van der Waals surface area contributed by atoms with E-state index >= 15 is 0 Å². The molecular formula is C24H27PS4. The molecule has 152 valence electrons. The highest BCUT2D eigenvalue weighted by Crippen LogP contribution is 2.55. The second kappa shape index (κ2) is 11.1. The summed E-state index contributed by atoms with van der Waals surface area (Å²) in [5.41, 5.74) is 4.10. The average Bonchev–Trinajstić information content (AvgIpc) is 2.75. The standard InChI is InChI=1S/C24H27PS4/c1-27-22-10-4-19(5-11-22)16-25(26,17-20-6-12-23(28-2)13-7-20)18-21-8-14-24(29-3)15-9-21/h4-15H,16-18H2,1-3H3. The van der Waals surface area contributed by atoms with Crippen molar-refractivity contribution < 1.29 is 0 Å². The maximum absolute atomic E-state index is 6.43. The number of benzene rings is 3. The quantitative estimate of drug-likeness (QED) is 0.226.